The van der Waals surface area contributed by atoms with Gasteiger partial charge in [0.15, 0.2) is 5.84 Å². The van der Waals surface area contributed by atoms with E-state index in [1.807, 2.05) is 0 Å². The Kier molecular flexibility index (Phi) is 4.42. The summed E-state index contributed by atoms with van der Waals surface area (Å²) < 4.78 is 0. The van der Waals surface area contributed by atoms with Crippen LogP contribution in [0.25, 0.3) is 0 Å². The fraction of sp³-hybridized carbons (Fsp3) is 0.357. The number of likely N-dealkylation sites (tertiary alicyclic amines) is 1. The molecule has 1 unspecified atom stereocenters. The van der Waals surface area contributed by atoms with Gasteiger partial charge in [0.2, 0.25) is 5.91 Å². The maximum absolute atomic E-state index is 12.1. The number of hydrogen-bond acceptors (Lipinski definition) is 4. The Balaban J connectivity index is 1.99. The molecule has 0 bridgehead atoms. The van der Waals surface area contributed by atoms with Gasteiger partial charge in [0.1, 0.15) is 0 Å². The van der Waals surface area contributed by atoms with E-state index in [1.54, 1.807) is 36.2 Å². The van der Waals surface area contributed by atoms with E-state index in [4.69, 9.17) is 10.9 Å². The van der Waals surface area contributed by atoms with Crippen molar-refractivity contribution in [2.45, 2.75) is 18.9 Å². The van der Waals surface area contributed by atoms with Gasteiger partial charge in [-0.15, -0.1) is 0 Å². The van der Waals surface area contributed by atoms with Gasteiger partial charge in [-0.3, -0.25) is 9.59 Å². The molecule has 0 spiro atoms. The predicted octanol–water partition coefficient (Wildman–Crippen LogP) is 0.132. The summed E-state index contributed by atoms with van der Waals surface area (Å²) in [5, 5.41) is 14.4. The van der Waals surface area contributed by atoms with Crippen LogP contribution in [0.2, 0.25) is 0 Å². The summed E-state index contributed by atoms with van der Waals surface area (Å²) in [5.41, 5.74) is 6.49. The molecule has 2 amide bonds. The molecule has 2 rings (SSSR count). The van der Waals surface area contributed by atoms with Gasteiger partial charge in [-0.25, -0.2) is 0 Å². The molecule has 1 aliphatic rings. The third-order valence-electron chi connectivity index (χ3n) is 3.51. The van der Waals surface area contributed by atoms with Crippen LogP contribution in [0.1, 0.15) is 28.8 Å². The molecule has 1 saturated heterocycles. The lowest BCUT2D eigenvalue weighted by Crippen LogP contribution is -2.48. The first-order valence-electron chi connectivity index (χ1n) is 6.64. The second-order valence-corrected chi connectivity index (χ2v) is 5.05. The van der Waals surface area contributed by atoms with E-state index in [1.165, 1.54) is 0 Å². The molecule has 0 aromatic heterocycles. The number of nitrogens with two attached hydrogens (primary N) is 1. The average molecular weight is 290 g/mol. The van der Waals surface area contributed by atoms with E-state index in [2.05, 4.69) is 10.5 Å². The van der Waals surface area contributed by atoms with E-state index in [0.29, 0.717) is 30.5 Å². The first-order chi connectivity index (χ1) is 10.0. The SMILES string of the molecule is CN1CC(NC(=O)c2ccc(C(N)=NO)cc2)CCC1=O. The Morgan fingerprint density at radius 3 is 2.57 bits per heavy atom. The van der Waals surface area contributed by atoms with E-state index >= 15 is 0 Å². The predicted molar refractivity (Wildman–Crippen MR) is 77.1 cm³/mol. The number of benzene rings is 1. The second-order valence-electron chi connectivity index (χ2n) is 5.05. The Bertz CT molecular complexity index is 568. The number of amides is 2. The van der Waals surface area contributed by atoms with Crippen LogP contribution < -0.4 is 11.1 Å². The largest absolute Gasteiger partial charge is 0.409 e. The van der Waals surface area contributed by atoms with Crippen molar-refractivity contribution in [3.63, 3.8) is 0 Å². The minimum atomic E-state index is -0.200. The molecule has 7 heteroatoms. The van der Waals surface area contributed by atoms with Crippen LogP contribution in [0.4, 0.5) is 0 Å². The van der Waals surface area contributed by atoms with Crippen LogP contribution in [0.15, 0.2) is 29.4 Å². The third-order valence-corrected chi connectivity index (χ3v) is 3.51. The maximum atomic E-state index is 12.1. The van der Waals surface area contributed by atoms with Crippen molar-refractivity contribution in [3.05, 3.63) is 35.4 Å². The van der Waals surface area contributed by atoms with E-state index in [0.717, 1.165) is 0 Å². The zero-order chi connectivity index (χ0) is 15.4. The number of carbonyl (C=O) groups excluding carboxylic acids is 2. The quantitative estimate of drug-likeness (QED) is 0.318. The first kappa shape index (κ1) is 14.8. The molecule has 0 aliphatic carbocycles. The number of rotatable bonds is 3. The molecule has 1 atom stereocenters. The molecule has 1 aromatic rings. The molecule has 21 heavy (non-hydrogen) atoms. The van der Waals surface area contributed by atoms with Crippen LogP contribution in [-0.2, 0) is 4.79 Å². The second kappa shape index (κ2) is 6.25. The maximum Gasteiger partial charge on any atom is 0.251 e. The smallest absolute Gasteiger partial charge is 0.251 e. The van der Waals surface area contributed by atoms with Gasteiger partial charge in [-0.05, 0) is 18.6 Å². The van der Waals surface area contributed by atoms with Crippen molar-refractivity contribution in [1.82, 2.24) is 10.2 Å². The molecule has 112 valence electrons. The van der Waals surface area contributed by atoms with E-state index in [9.17, 15) is 9.59 Å². The van der Waals surface area contributed by atoms with Crippen molar-refractivity contribution in [1.29, 1.82) is 0 Å². The van der Waals surface area contributed by atoms with Crippen molar-refractivity contribution < 1.29 is 14.8 Å². The van der Waals surface area contributed by atoms with Gasteiger partial charge in [0.05, 0.1) is 0 Å². The lowest BCUT2D eigenvalue weighted by atomic mass is 10.0. The number of nitrogens with zero attached hydrogens (tertiary/aromatic N) is 2. The average Bonchev–Trinajstić information content (AvgIpc) is 2.50. The Hall–Kier alpha value is -2.57. The topological polar surface area (TPSA) is 108 Å². The number of hydrogen-bond donors (Lipinski definition) is 3. The molecule has 4 N–H and O–H groups in total. The summed E-state index contributed by atoms with van der Waals surface area (Å²) in [4.78, 5) is 25.1. The minimum Gasteiger partial charge on any atom is -0.409 e. The zero-order valence-electron chi connectivity index (χ0n) is 11.7. The molecule has 0 saturated carbocycles. The number of amidine groups is 1. The number of carbonyl (C=O) groups is 2. The number of nitrogens with one attached hydrogen (secondary N) is 1. The molecule has 1 fully saturated rings. The third kappa shape index (κ3) is 3.50. The normalized spacial score (nSPS) is 19.5. The summed E-state index contributed by atoms with van der Waals surface area (Å²) in [6.45, 7) is 0.521. The van der Waals surface area contributed by atoms with Gasteiger partial charge in [-0.1, -0.05) is 17.3 Å². The summed E-state index contributed by atoms with van der Waals surface area (Å²) >= 11 is 0. The molecule has 0 radical (unpaired) electrons. The summed E-state index contributed by atoms with van der Waals surface area (Å²) in [5.74, 6) is -0.105. The summed E-state index contributed by atoms with van der Waals surface area (Å²) in [6.07, 6.45) is 1.10. The highest BCUT2D eigenvalue weighted by Gasteiger charge is 2.24. The van der Waals surface area contributed by atoms with Crippen molar-refractivity contribution in [3.8, 4) is 0 Å². The van der Waals surface area contributed by atoms with Gasteiger partial charge < -0.3 is 21.2 Å². The Labute approximate surface area is 122 Å². The standard InChI is InChI=1S/C14H18N4O3/c1-18-8-11(6-7-12(18)19)16-14(20)10-4-2-9(3-5-10)13(15)17-21/h2-5,11,21H,6-8H2,1H3,(H2,15,17)(H,16,20). The molecule has 7 nitrogen and oxygen atoms in total. The minimum absolute atomic E-state index is 0.00521. The Morgan fingerprint density at radius 2 is 2.00 bits per heavy atom. The van der Waals surface area contributed by atoms with E-state index < -0.39 is 0 Å². The highest BCUT2D eigenvalue weighted by molar-refractivity contribution is 5.99. The van der Waals surface area contributed by atoms with Crippen molar-refractivity contribution >= 4 is 17.6 Å². The monoisotopic (exact) mass is 290 g/mol. The van der Waals surface area contributed by atoms with Crippen LogP contribution in [0.5, 0.6) is 0 Å². The molecular formula is C14H18N4O3. The Morgan fingerprint density at radius 1 is 1.38 bits per heavy atom. The zero-order valence-corrected chi connectivity index (χ0v) is 11.7. The lowest BCUT2D eigenvalue weighted by molar-refractivity contribution is -0.132. The van der Waals surface area contributed by atoms with Crippen LogP contribution in [-0.4, -0.2) is 47.4 Å². The van der Waals surface area contributed by atoms with Crippen molar-refractivity contribution in [2.24, 2.45) is 10.9 Å². The highest BCUT2D eigenvalue weighted by Crippen LogP contribution is 2.11. The fourth-order valence-corrected chi connectivity index (χ4v) is 2.25. The van der Waals surface area contributed by atoms with Gasteiger partial charge in [0, 0.05) is 37.2 Å². The molecule has 1 aromatic carbocycles. The first-order valence-corrected chi connectivity index (χ1v) is 6.64. The van der Waals surface area contributed by atoms with Crippen LogP contribution in [0, 0.1) is 0 Å². The number of piperidine rings is 1. The number of likely N-dealkylation sites (N-methyl/N-ethyl adjacent to an activating group) is 1. The van der Waals surface area contributed by atoms with Crippen LogP contribution in [0.3, 0.4) is 0 Å². The summed E-state index contributed by atoms with van der Waals surface area (Å²) in [6, 6.07) is 6.41. The van der Waals surface area contributed by atoms with Gasteiger partial charge in [-0.2, -0.15) is 0 Å². The molecule has 1 heterocycles. The lowest BCUT2D eigenvalue weighted by Gasteiger charge is -2.30. The molecular weight excluding hydrogens is 272 g/mol. The van der Waals surface area contributed by atoms with Gasteiger partial charge >= 0.3 is 0 Å². The van der Waals surface area contributed by atoms with Crippen molar-refractivity contribution in [2.75, 3.05) is 13.6 Å². The molecule has 1 aliphatic heterocycles. The van der Waals surface area contributed by atoms with Gasteiger partial charge in [0.25, 0.3) is 5.91 Å². The summed E-state index contributed by atoms with van der Waals surface area (Å²) in [7, 11) is 1.73. The highest BCUT2D eigenvalue weighted by atomic mass is 16.4. The van der Waals surface area contributed by atoms with Crippen LogP contribution >= 0.6 is 0 Å². The van der Waals surface area contributed by atoms with E-state index in [-0.39, 0.29) is 23.7 Å². The fourth-order valence-electron chi connectivity index (χ4n) is 2.25. The number of oxime groups is 1.